The number of benzene rings is 5. The molecule has 5 aromatic rings. The fourth-order valence-corrected chi connectivity index (χ4v) is 10.9. The zero-order chi connectivity index (χ0) is 50.5. The van der Waals surface area contributed by atoms with E-state index in [0.717, 1.165) is 36.2 Å². The van der Waals surface area contributed by atoms with E-state index in [4.69, 9.17) is 14.2 Å². The van der Waals surface area contributed by atoms with Gasteiger partial charge in [-0.25, -0.2) is 14.5 Å². The molecule has 72 heavy (non-hydrogen) atoms. The zero-order valence-corrected chi connectivity index (χ0v) is 40.4. The molecule has 0 radical (unpaired) electrons. The molecule has 2 fully saturated rings. The highest BCUT2D eigenvalue weighted by atomic mass is 16.6. The average molecular weight is 971 g/mol. The second-order valence-corrected chi connectivity index (χ2v) is 18.9. The summed E-state index contributed by atoms with van der Waals surface area (Å²) in [6.45, 7) is 2.95. The highest BCUT2D eigenvalue weighted by molar-refractivity contribution is 6.25. The van der Waals surface area contributed by atoms with Gasteiger partial charge in [-0.15, -0.1) is 0 Å². The summed E-state index contributed by atoms with van der Waals surface area (Å²) in [4.78, 5) is 79.3. The Morgan fingerprint density at radius 3 is 2.15 bits per heavy atom. The number of cyclic esters (lactones) is 1. The summed E-state index contributed by atoms with van der Waals surface area (Å²) in [5.41, 5.74) is 2.08. The van der Waals surface area contributed by atoms with Crippen molar-refractivity contribution in [2.45, 2.75) is 81.3 Å². The monoisotopic (exact) mass is 970 g/mol. The Morgan fingerprint density at radius 2 is 1.51 bits per heavy atom. The summed E-state index contributed by atoms with van der Waals surface area (Å²) >= 11 is 0. The van der Waals surface area contributed by atoms with Gasteiger partial charge in [0.2, 0.25) is 11.8 Å². The molecule has 0 unspecified atom stereocenters. The van der Waals surface area contributed by atoms with Crippen LogP contribution in [-0.4, -0.2) is 83.8 Å². The Labute approximate surface area is 419 Å². The van der Waals surface area contributed by atoms with Crippen molar-refractivity contribution in [2.24, 2.45) is 11.8 Å². The van der Waals surface area contributed by atoms with Crippen LogP contribution < -0.4 is 20.3 Å². The van der Waals surface area contributed by atoms with Gasteiger partial charge < -0.3 is 35.1 Å². The van der Waals surface area contributed by atoms with E-state index < -0.39 is 83.4 Å². The standard InChI is InChI=1S/C58H58N4O10/c1-36(2)48(54(66)70-3)60-57(69)61-45-31-26-38(25-24-37-16-8-4-9-17-37)34-44(45)58(56(61)68)47(53(65)59-35-46(64)39-18-10-5-11-19-39)50-55(67)72-51(41-22-14-7-15-23-41)49(40-20-12-6-13-21-40)62(50)52(58)42-27-29-43(30-28-42)71-33-32-63/h5-7,10-16,18-23,26-31,34,36,46-52,63-64H,4,8-9,17,32-33,35H2,1-3H3,(H,59,65)(H,60,69)/t46-,47+,48-,49+,50+,51-,52-,58+/m0/s1. The van der Waals surface area contributed by atoms with E-state index in [0.29, 0.717) is 33.6 Å². The van der Waals surface area contributed by atoms with Crippen LogP contribution in [0, 0.1) is 23.7 Å². The van der Waals surface area contributed by atoms with Gasteiger partial charge >= 0.3 is 18.0 Å². The SMILES string of the molecule is COC(=O)[C@@H](NC(=O)N1C(=O)[C@@]2(c3cc(C#CC4=CCCCC4)ccc31)[C@H](c1ccc(OCCO)cc1)N1[C@H](c3ccccc3)[C@H](c3ccccc3)OC(=O)[C@H]1[C@@H]2C(=O)NC[C@H](O)c1ccccc1)C(C)C. The van der Waals surface area contributed by atoms with Crippen molar-refractivity contribution in [1.82, 2.24) is 15.5 Å². The number of ether oxygens (including phenoxy) is 3. The molecule has 4 aliphatic rings. The van der Waals surface area contributed by atoms with Gasteiger partial charge in [-0.05, 0) is 95.3 Å². The maximum Gasteiger partial charge on any atom is 0.329 e. The Kier molecular flexibility index (Phi) is 14.7. The predicted octanol–water partition coefficient (Wildman–Crippen LogP) is 7.33. The maximum atomic E-state index is 16.7. The molecule has 2 saturated heterocycles. The Bertz CT molecular complexity index is 2900. The number of rotatable bonds is 13. The topological polar surface area (TPSA) is 184 Å². The summed E-state index contributed by atoms with van der Waals surface area (Å²) < 4.78 is 17.5. The first-order chi connectivity index (χ1) is 35.0. The molecule has 1 spiro atoms. The van der Waals surface area contributed by atoms with E-state index in [9.17, 15) is 15.0 Å². The van der Waals surface area contributed by atoms with E-state index in [1.807, 2.05) is 71.6 Å². The molecule has 3 heterocycles. The molecule has 4 amide bonds. The first-order valence-electron chi connectivity index (χ1n) is 24.5. The van der Waals surface area contributed by atoms with Crippen LogP contribution in [-0.2, 0) is 34.1 Å². The van der Waals surface area contributed by atoms with Crippen molar-refractivity contribution in [1.29, 1.82) is 0 Å². The number of nitrogens with one attached hydrogen (secondary N) is 2. The van der Waals surface area contributed by atoms with Crippen molar-refractivity contribution in [2.75, 3.05) is 31.8 Å². The number of methoxy groups -OCH3 is 1. The van der Waals surface area contributed by atoms with E-state index in [1.165, 1.54) is 7.11 Å². The number of esters is 2. The quantitative estimate of drug-likeness (QED) is 0.0685. The van der Waals surface area contributed by atoms with Gasteiger partial charge in [0, 0.05) is 12.1 Å². The van der Waals surface area contributed by atoms with Crippen LogP contribution >= 0.6 is 0 Å². The summed E-state index contributed by atoms with van der Waals surface area (Å²) in [6, 6.07) is 33.8. The molecule has 370 valence electrons. The predicted molar refractivity (Wildman–Crippen MR) is 268 cm³/mol. The highest BCUT2D eigenvalue weighted by Crippen LogP contribution is 2.66. The molecular weight excluding hydrogens is 913 g/mol. The number of fused-ring (bicyclic) bond motifs is 3. The van der Waals surface area contributed by atoms with Gasteiger partial charge in [0.15, 0.2) is 0 Å². The van der Waals surface area contributed by atoms with Crippen LogP contribution in [0.2, 0.25) is 0 Å². The number of amides is 4. The molecule has 9 rings (SSSR count). The molecule has 14 nitrogen and oxygen atoms in total. The molecule has 1 aliphatic carbocycles. The van der Waals surface area contributed by atoms with Crippen molar-refractivity contribution in [3.8, 4) is 17.6 Å². The first-order valence-corrected chi connectivity index (χ1v) is 24.5. The third kappa shape index (κ3) is 9.27. The van der Waals surface area contributed by atoms with E-state index >= 15 is 19.2 Å². The fraction of sp³-hybridized carbons (Fsp3) is 0.328. The molecule has 0 saturated carbocycles. The van der Waals surface area contributed by atoms with Crippen LogP contribution in [0.1, 0.15) is 97.2 Å². The zero-order valence-electron chi connectivity index (χ0n) is 40.4. The molecule has 4 N–H and O–H groups in total. The number of aliphatic hydroxyl groups excluding tert-OH is 2. The lowest BCUT2D eigenvalue weighted by molar-refractivity contribution is -0.178. The van der Waals surface area contributed by atoms with Crippen LogP contribution in [0.4, 0.5) is 10.5 Å². The maximum absolute atomic E-state index is 16.7. The van der Waals surface area contributed by atoms with Gasteiger partial charge in [0.1, 0.15) is 36.0 Å². The lowest BCUT2D eigenvalue weighted by atomic mass is 9.65. The number of carbonyl (C=O) groups is 5. The second kappa shape index (κ2) is 21.4. The van der Waals surface area contributed by atoms with Gasteiger partial charge in [0.25, 0.3) is 0 Å². The van der Waals surface area contributed by atoms with E-state index in [-0.39, 0.29) is 31.0 Å². The number of nitrogens with zero attached hydrogens (tertiary/aromatic N) is 2. The summed E-state index contributed by atoms with van der Waals surface area (Å²) in [7, 11) is 1.21. The van der Waals surface area contributed by atoms with Gasteiger partial charge in [-0.2, -0.15) is 0 Å². The number of morpholine rings is 1. The molecular formula is C58H58N4O10. The van der Waals surface area contributed by atoms with Gasteiger partial charge in [-0.3, -0.25) is 19.3 Å². The van der Waals surface area contributed by atoms with Crippen LogP contribution in [0.5, 0.6) is 5.75 Å². The Balaban J connectivity index is 1.33. The Hall–Kier alpha value is -7.57. The number of allylic oxidation sites excluding steroid dienone is 2. The number of anilines is 1. The fourth-order valence-electron chi connectivity index (χ4n) is 10.9. The van der Waals surface area contributed by atoms with E-state index in [2.05, 4.69) is 28.6 Å². The number of hydrogen-bond donors (Lipinski definition) is 4. The van der Waals surface area contributed by atoms with E-state index in [1.54, 1.807) is 80.6 Å². The van der Waals surface area contributed by atoms with Crippen molar-refractivity contribution >= 4 is 35.5 Å². The smallest absolute Gasteiger partial charge is 0.329 e. The lowest BCUT2D eigenvalue weighted by Gasteiger charge is -2.46. The average Bonchev–Trinajstić information content (AvgIpc) is 3.87. The number of urea groups is 1. The third-order valence-electron chi connectivity index (χ3n) is 14.2. The number of hydrogen-bond acceptors (Lipinski definition) is 11. The minimum absolute atomic E-state index is 0.0122. The largest absolute Gasteiger partial charge is 0.491 e. The first kappa shape index (κ1) is 49.4. The number of imide groups is 1. The molecule has 0 aromatic heterocycles. The Morgan fingerprint density at radius 1 is 0.833 bits per heavy atom. The molecule has 0 bridgehead atoms. The van der Waals surface area contributed by atoms with Crippen molar-refractivity contribution in [3.63, 3.8) is 0 Å². The lowest BCUT2D eigenvalue weighted by Crippen LogP contribution is -2.58. The minimum atomic E-state index is -2.13. The third-order valence-corrected chi connectivity index (χ3v) is 14.2. The van der Waals surface area contributed by atoms with Crippen molar-refractivity contribution in [3.05, 3.63) is 178 Å². The van der Waals surface area contributed by atoms with Crippen LogP contribution in [0.15, 0.2) is 145 Å². The summed E-state index contributed by atoms with van der Waals surface area (Å²) in [6.07, 6.45) is 3.75. The van der Waals surface area contributed by atoms with Gasteiger partial charge in [-0.1, -0.05) is 135 Å². The summed E-state index contributed by atoms with van der Waals surface area (Å²) in [5.74, 6) is 1.83. The summed E-state index contributed by atoms with van der Waals surface area (Å²) in [5, 5.41) is 26.9. The molecule has 8 atom stereocenters. The number of aliphatic hydroxyl groups is 2. The minimum Gasteiger partial charge on any atom is -0.491 e. The van der Waals surface area contributed by atoms with Crippen LogP contribution in [0.3, 0.4) is 0 Å². The molecule has 5 aromatic carbocycles. The number of carbonyl (C=O) groups excluding carboxylic acids is 5. The normalized spacial score (nSPS) is 23.2. The second-order valence-electron chi connectivity index (χ2n) is 18.9. The molecule has 3 aliphatic heterocycles. The van der Waals surface area contributed by atoms with Crippen molar-refractivity contribution < 1.29 is 48.4 Å². The highest BCUT2D eigenvalue weighted by Gasteiger charge is 2.75. The molecule has 14 heteroatoms. The van der Waals surface area contributed by atoms with Gasteiger partial charge in [0.05, 0.1) is 43.5 Å². The van der Waals surface area contributed by atoms with Crippen LogP contribution in [0.25, 0.3) is 0 Å².